The summed E-state index contributed by atoms with van der Waals surface area (Å²) in [6.45, 7) is 3.92. The highest BCUT2D eigenvalue weighted by Crippen LogP contribution is 2.36. The number of carboxylic acids is 1. The van der Waals surface area contributed by atoms with Gasteiger partial charge < -0.3 is 9.84 Å². The Labute approximate surface area is 122 Å². The molecule has 1 atom stereocenters. The lowest BCUT2D eigenvalue weighted by molar-refractivity contribution is -0.00149. The molecule has 4 nitrogen and oxygen atoms in total. The fraction of sp³-hybridized carbons (Fsp3) is 0.333. The third kappa shape index (κ3) is 2.59. The summed E-state index contributed by atoms with van der Waals surface area (Å²) in [7, 11) is 1.62. The third-order valence-electron chi connectivity index (χ3n) is 3.45. The zero-order valence-electron chi connectivity index (χ0n) is 11.7. The Balaban J connectivity index is 2.58. The Morgan fingerprint density at radius 3 is 2.55 bits per heavy atom. The zero-order chi connectivity index (χ0) is 14.8. The molecular formula is C15H17NO3S. The molecular weight excluding hydrogens is 274 g/mol. The van der Waals surface area contributed by atoms with Gasteiger partial charge in [0, 0.05) is 12.7 Å². The molecule has 0 aliphatic rings. The fourth-order valence-electron chi connectivity index (χ4n) is 1.87. The first kappa shape index (κ1) is 14.7. The van der Waals surface area contributed by atoms with Crippen molar-refractivity contribution < 1.29 is 14.6 Å². The lowest BCUT2D eigenvalue weighted by Gasteiger charge is -2.23. The number of rotatable bonds is 5. The number of carbonyl (C=O) groups is 1. The molecule has 2 rings (SSSR count). The second-order valence-corrected chi connectivity index (χ2v) is 5.66. The Kier molecular flexibility index (Phi) is 4.20. The average molecular weight is 291 g/mol. The maximum absolute atomic E-state index is 11.4. The molecule has 5 heteroatoms. The second-order valence-electron chi connectivity index (χ2n) is 4.66. The molecule has 0 fully saturated rings. The fourth-order valence-corrected chi connectivity index (χ4v) is 2.99. The Morgan fingerprint density at radius 2 is 2.05 bits per heavy atom. The highest BCUT2D eigenvalue weighted by atomic mass is 32.1. The van der Waals surface area contributed by atoms with Gasteiger partial charge in [0.2, 0.25) is 0 Å². The van der Waals surface area contributed by atoms with Crippen molar-refractivity contribution in [2.45, 2.75) is 25.9 Å². The van der Waals surface area contributed by atoms with Crippen LogP contribution in [0.15, 0.2) is 30.3 Å². The van der Waals surface area contributed by atoms with Crippen molar-refractivity contribution in [3.05, 3.63) is 40.2 Å². The van der Waals surface area contributed by atoms with Crippen molar-refractivity contribution in [2.75, 3.05) is 7.11 Å². The number of aromatic nitrogens is 1. The van der Waals surface area contributed by atoms with E-state index in [9.17, 15) is 9.90 Å². The topological polar surface area (TPSA) is 59.4 Å². The number of thiazole rings is 1. The van der Waals surface area contributed by atoms with Crippen LogP contribution in [0, 0.1) is 0 Å². The summed E-state index contributed by atoms with van der Waals surface area (Å²) in [5.74, 6) is -0.956. The van der Waals surface area contributed by atoms with Crippen LogP contribution in [-0.4, -0.2) is 23.2 Å². The van der Waals surface area contributed by atoms with Crippen LogP contribution in [0.25, 0.3) is 11.3 Å². The van der Waals surface area contributed by atoms with Crippen LogP contribution >= 0.6 is 11.3 Å². The van der Waals surface area contributed by atoms with Gasteiger partial charge in [-0.3, -0.25) is 0 Å². The molecule has 1 unspecified atom stereocenters. The molecule has 0 bridgehead atoms. The maximum atomic E-state index is 11.4. The van der Waals surface area contributed by atoms with Gasteiger partial charge in [-0.2, -0.15) is 0 Å². The lowest BCUT2D eigenvalue weighted by atomic mass is 10.0. The molecule has 1 N–H and O–H groups in total. The van der Waals surface area contributed by atoms with Gasteiger partial charge in [0.15, 0.2) is 0 Å². The Morgan fingerprint density at radius 1 is 1.40 bits per heavy atom. The molecule has 1 heterocycles. The van der Waals surface area contributed by atoms with Gasteiger partial charge in [0.05, 0.1) is 5.69 Å². The first-order chi connectivity index (χ1) is 9.51. The van der Waals surface area contributed by atoms with Crippen molar-refractivity contribution in [1.82, 2.24) is 4.98 Å². The minimum absolute atomic E-state index is 0.253. The second kappa shape index (κ2) is 5.73. The Bertz CT molecular complexity index is 603. The number of aromatic carboxylic acids is 1. The molecule has 1 aromatic carbocycles. The van der Waals surface area contributed by atoms with E-state index in [0.29, 0.717) is 10.7 Å². The van der Waals surface area contributed by atoms with Crippen LogP contribution in [0.4, 0.5) is 0 Å². The first-order valence-corrected chi connectivity index (χ1v) is 7.18. The number of nitrogens with zero attached hydrogens (tertiary/aromatic N) is 1. The Hall–Kier alpha value is -1.72. The number of methoxy groups -OCH3 is 1. The van der Waals surface area contributed by atoms with Crippen molar-refractivity contribution >= 4 is 17.3 Å². The van der Waals surface area contributed by atoms with Crippen LogP contribution in [0.5, 0.6) is 0 Å². The summed E-state index contributed by atoms with van der Waals surface area (Å²) < 4.78 is 5.51. The molecule has 0 spiro atoms. The molecule has 0 aliphatic heterocycles. The molecule has 0 radical (unpaired) electrons. The minimum Gasteiger partial charge on any atom is -0.477 e. The largest absolute Gasteiger partial charge is 0.477 e. The standard InChI is InChI=1S/C15H17NO3S/c1-4-15(2,19-3)14-16-11(12(20-14)13(17)18)10-8-6-5-7-9-10/h5-9H,4H2,1-3H3,(H,17,18). The summed E-state index contributed by atoms with van der Waals surface area (Å²) in [4.78, 5) is 16.2. The molecule has 1 aromatic heterocycles. The predicted octanol–water partition coefficient (Wildman–Crippen LogP) is 3.78. The maximum Gasteiger partial charge on any atom is 0.348 e. The van der Waals surface area contributed by atoms with E-state index in [2.05, 4.69) is 4.98 Å². The number of hydrogen-bond acceptors (Lipinski definition) is 4. The molecule has 0 amide bonds. The van der Waals surface area contributed by atoms with Gasteiger partial charge in [-0.05, 0) is 13.3 Å². The zero-order valence-corrected chi connectivity index (χ0v) is 12.5. The SMILES string of the molecule is CCC(C)(OC)c1nc(-c2ccccc2)c(C(=O)O)s1. The normalized spacial score (nSPS) is 13.9. The molecule has 2 aromatic rings. The van der Waals surface area contributed by atoms with Gasteiger partial charge in [-0.15, -0.1) is 11.3 Å². The minimum atomic E-state index is -0.956. The van der Waals surface area contributed by atoms with E-state index in [1.165, 1.54) is 11.3 Å². The quantitative estimate of drug-likeness (QED) is 0.910. The van der Waals surface area contributed by atoms with Gasteiger partial charge in [-0.1, -0.05) is 37.3 Å². The smallest absolute Gasteiger partial charge is 0.348 e. The highest BCUT2D eigenvalue weighted by molar-refractivity contribution is 7.14. The first-order valence-electron chi connectivity index (χ1n) is 6.37. The molecule has 0 aliphatic carbocycles. The van der Waals surface area contributed by atoms with Gasteiger partial charge >= 0.3 is 5.97 Å². The summed E-state index contributed by atoms with van der Waals surface area (Å²) in [5.41, 5.74) is 0.763. The van der Waals surface area contributed by atoms with Crippen LogP contribution in [-0.2, 0) is 10.3 Å². The van der Waals surface area contributed by atoms with E-state index in [1.807, 2.05) is 44.2 Å². The summed E-state index contributed by atoms with van der Waals surface area (Å²) >= 11 is 1.18. The van der Waals surface area contributed by atoms with E-state index in [0.717, 1.165) is 12.0 Å². The highest BCUT2D eigenvalue weighted by Gasteiger charge is 2.31. The van der Waals surface area contributed by atoms with Gasteiger partial charge in [0.1, 0.15) is 15.5 Å². The monoisotopic (exact) mass is 291 g/mol. The summed E-state index contributed by atoms with van der Waals surface area (Å²) in [6.07, 6.45) is 0.726. The average Bonchev–Trinajstić information content (AvgIpc) is 2.93. The van der Waals surface area contributed by atoms with E-state index < -0.39 is 11.6 Å². The third-order valence-corrected chi connectivity index (χ3v) is 4.73. The van der Waals surface area contributed by atoms with E-state index in [1.54, 1.807) is 7.11 Å². The number of carboxylic acid groups (broad SMARTS) is 1. The summed E-state index contributed by atoms with van der Waals surface area (Å²) in [6, 6.07) is 9.36. The predicted molar refractivity (Wildman–Crippen MR) is 79.2 cm³/mol. The molecule has 0 saturated heterocycles. The molecule has 20 heavy (non-hydrogen) atoms. The van der Waals surface area contributed by atoms with Gasteiger partial charge in [-0.25, -0.2) is 9.78 Å². The van der Waals surface area contributed by atoms with E-state index >= 15 is 0 Å². The molecule has 0 saturated carbocycles. The van der Waals surface area contributed by atoms with Crippen LogP contribution < -0.4 is 0 Å². The van der Waals surface area contributed by atoms with Crippen molar-refractivity contribution in [3.63, 3.8) is 0 Å². The number of hydrogen-bond donors (Lipinski definition) is 1. The van der Waals surface area contributed by atoms with Gasteiger partial charge in [0.25, 0.3) is 0 Å². The van der Waals surface area contributed by atoms with E-state index in [-0.39, 0.29) is 4.88 Å². The summed E-state index contributed by atoms with van der Waals surface area (Å²) in [5, 5.41) is 10.1. The number of ether oxygens (including phenoxy) is 1. The number of benzene rings is 1. The van der Waals surface area contributed by atoms with Crippen molar-refractivity contribution in [1.29, 1.82) is 0 Å². The van der Waals surface area contributed by atoms with Crippen molar-refractivity contribution in [2.24, 2.45) is 0 Å². The van der Waals surface area contributed by atoms with Crippen molar-refractivity contribution in [3.8, 4) is 11.3 Å². The van der Waals surface area contributed by atoms with Crippen LogP contribution in [0.3, 0.4) is 0 Å². The van der Waals surface area contributed by atoms with Crippen LogP contribution in [0.1, 0.15) is 34.9 Å². The lowest BCUT2D eigenvalue weighted by Crippen LogP contribution is -2.22. The van der Waals surface area contributed by atoms with E-state index in [4.69, 9.17) is 4.74 Å². The molecule has 106 valence electrons. The van der Waals surface area contributed by atoms with Crippen LogP contribution in [0.2, 0.25) is 0 Å².